The summed E-state index contributed by atoms with van der Waals surface area (Å²) in [6.07, 6.45) is 2.30. The van der Waals surface area contributed by atoms with Gasteiger partial charge in [-0.25, -0.2) is 0 Å². The van der Waals surface area contributed by atoms with Crippen molar-refractivity contribution in [3.05, 3.63) is 40.9 Å². The molecule has 2 atom stereocenters. The molecule has 1 N–H and O–H groups in total. The van der Waals surface area contributed by atoms with Crippen LogP contribution in [0.15, 0.2) is 30.3 Å². The zero-order chi connectivity index (χ0) is 25.4. The van der Waals surface area contributed by atoms with Crippen molar-refractivity contribution in [1.29, 1.82) is 0 Å². The third kappa shape index (κ3) is 5.47. The first-order valence-electron chi connectivity index (χ1n) is 13.1. The van der Waals surface area contributed by atoms with E-state index >= 15 is 0 Å². The van der Waals surface area contributed by atoms with Crippen molar-refractivity contribution in [2.24, 2.45) is 11.8 Å². The number of carboxylic acids is 1. The van der Waals surface area contributed by atoms with Crippen molar-refractivity contribution in [2.75, 3.05) is 6.54 Å². The molecule has 2 aromatic carbocycles. The quantitative estimate of drug-likeness (QED) is 0.433. The lowest BCUT2D eigenvalue weighted by Gasteiger charge is -2.48. The van der Waals surface area contributed by atoms with Crippen molar-refractivity contribution >= 4 is 28.3 Å². The van der Waals surface area contributed by atoms with E-state index in [1.165, 1.54) is 12.0 Å². The summed E-state index contributed by atoms with van der Waals surface area (Å²) in [5.74, 6) is -1.57. The molecule has 1 aliphatic carbocycles. The largest absolute Gasteiger partial charge is 0.489 e. The molecule has 2 heterocycles. The predicted octanol–water partition coefficient (Wildman–Crippen LogP) is 7.25. The minimum atomic E-state index is -4.13. The number of carbonyl (C=O) groups is 1. The van der Waals surface area contributed by atoms with E-state index in [-0.39, 0.29) is 24.9 Å². The van der Waals surface area contributed by atoms with Crippen LogP contribution < -0.4 is 4.74 Å². The molecule has 2 aromatic rings. The van der Waals surface area contributed by atoms with E-state index in [4.69, 9.17) is 16.3 Å². The Kier molecular flexibility index (Phi) is 7.42. The van der Waals surface area contributed by atoms with E-state index < -0.39 is 18.1 Å². The summed E-state index contributed by atoms with van der Waals surface area (Å²) in [4.78, 5) is 14.1. The fourth-order valence-electron chi connectivity index (χ4n) is 6.56. The van der Waals surface area contributed by atoms with Crippen LogP contribution in [0.1, 0.15) is 63.4 Å². The number of ether oxygens (including phenoxy) is 1. The highest BCUT2D eigenvalue weighted by molar-refractivity contribution is 6.37. The van der Waals surface area contributed by atoms with Gasteiger partial charge < -0.3 is 9.84 Å². The number of halogens is 4. The molecule has 5 rings (SSSR count). The molecule has 2 unspecified atom stereocenters. The van der Waals surface area contributed by atoms with Gasteiger partial charge in [-0.2, -0.15) is 13.2 Å². The third-order valence-electron chi connectivity index (χ3n) is 8.55. The molecule has 3 fully saturated rings. The van der Waals surface area contributed by atoms with E-state index in [9.17, 15) is 23.1 Å². The molecule has 2 saturated heterocycles. The molecule has 2 aliphatic heterocycles. The molecule has 3 aliphatic rings. The van der Waals surface area contributed by atoms with Gasteiger partial charge in [0.25, 0.3) is 0 Å². The number of hydrogen-bond donors (Lipinski definition) is 1. The number of carboxylic acid groups (broad SMARTS) is 1. The number of rotatable bonds is 6. The standard InChI is InChI=1S/C28H33ClF3NO3/c29-26-24-10-4-17(12-13-33-21-2-1-3-22(33)16-19(15-21)27(34)35)14-18(24)5-11-25(26)36-23-8-6-20(7-9-23)28(30,31)32/h4-5,10-11,14,19-23H,1-3,6-9,12-13,15-16H2,(H,34,35)/t19?,20-,21?,22?,23+. The molecular weight excluding hydrogens is 491 g/mol. The highest BCUT2D eigenvalue weighted by Crippen LogP contribution is 2.41. The van der Waals surface area contributed by atoms with Gasteiger partial charge in [0.2, 0.25) is 0 Å². The Bertz CT molecular complexity index is 1090. The second kappa shape index (κ2) is 10.4. The van der Waals surface area contributed by atoms with Gasteiger partial charge in [-0.05, 0) is 74.8 Å². The maximum Gasteiger partial charge on any atom is 0.391 e. The Morgan fingerprint density at radius 2 is 1.72 bits per heavy atom. The number of fused-ring (bicyclic) bond motifs is 3. The summed E-state index contributed by atoms with van der Waals surface area (Å²) in [7, 11) is 0. The second-order valence-corrected chi connectivity index (χ2v) is 11.2. The van der Waals surface area contributed by atoms with E-state index in [1.807, 2.05) is 18.2 Å². The first-order chi connectivity index (χ1) is 17.2. The Labute approximate surface area is 214 Å². The van der Waals surface area contributed by atoms with Crippen LogP contribution in [-0.4, -0.2) is 46.9 Å². The van der Waals surface area contributed by atoms with Gasteiger partial charge in [0.1, 0.15) is 5.75 Å². The van der Waals surface area contributed by atoms with Crippen molar-refractivity contribution in [3.63, 3.8) is 0 Å². The first kappa shape index (κ1) is 25.7. The van der Waals surface area contributed by atoms with Gasteiger partial charge in [0, 0.05) is 24.0 Å². The van der Waals surface area contributed by atoms with Crippen LogP contribution in [0, 0.1) is 11.8 Å². The third-order valence-corrected chi connectivity index (χ3v) is 8.94. The molecule has 196 valence electrons. The van der Waals surface area contributed by atoms with Crippen LogP contribution in [0.4, 0.5) is 13.2 Å². The zero-order valence-electron chi connectivity index (χ0n) is 20.3. The summed E-state index contributed by atoms with van der Waals surface area (Å²) in [5, 5.41) is 11.9. The van der Waals surface area contributed by atoms with E-state index in [0.717, 1.165) is 49.4 Å². The van der Waals surface area contributed by atoms with E-state index in [2.05, 4.69) is 17.0 Å². The van der Waals surface area contributed by atoms with E-state index in [1.54, 1.807) is 0 Å². The molecule has 0 radical (unpaired) electrons. The second-order valence-electron chi connectivity index (χ2n) is 10.8. The summed E-state index contributed by atoms with van der Waals surface area (Å²) in [5.41, 5.74) is 1.20. The SMILES string of the molecule is O=C(O)C1CC2CCCC(C1)N2CCc1ccc2c(Cl)c(O[C@H]3CC[C@@H](C(F)(F)F)CC3)ccc2c1. The topological polar surface area (TPSA) is 49.8 Å². The highest BCUT2D eigenvalue weighted by atomic mass is 35.5. The van der Waals surface area contributed by atoms with Crippen LogP contribution in [0.3, 0.4) is 0 Å². The highest BCUT2D eigenvalue weighted by Gasteiger charge is 2.42. The fourth-order valence-corrected chi connectivity index (χ4v) is 6.84. The smallest absolute Gasteiger partial charge is 0.391 e. The van der Waals surface area contributed by atoms with Crippen LogP contribution in [0.2, 0.25) is 5.02 Å². The van der Waals surface area contributed by atoms with E-state index in [0.29, 0.717) is 35.7 Å². The molecule has 0 amide bonds. The first-order valence-corrected chi connectivity index (χ1v) is 13.5. The number of benzene rings is 2. The molecule has 36 heavy (non-hydrogen) atoms. The molecule has 4 nitrogen and oxygen atoms in total. The average molecular weight is 524 g/mol. The zero-order valence-corrected chi connectivity index (χ0v) is 21.0. The predicted molar refractivity (Wildman–Crippen MR) is 134 cm³/mol. The Morgan fingerprint density at radius 3 is 2.36 bits per heavy atom. The summed E-state index contributed by atoms with van der Waals surface area (Å²) in [6.45, 7) is 0.919. The minimum absolute atomic E-state index is 0.0957. The lowest BCUT2D eigenvalue weighted by molar-refractivity contribution is -0.185. The summed E-state index contributed by atoms with van der Waals surface area (Å²) < 4.78 is 44.9. The maximum atomic E-state index is 12.9. The van der Waals surface area contributed by atoms with Gasteiger partial charge in [0.15, 0.2) is 0 Å². The van der Waals surface area contributed by atoms with Gasteiger partial charge in [-0.3, -0.25) is 9.69 Å². The molecule has 8 heteroatoms. The van der Waals surface area contributed by atoms with Gasteiger partial charge in [0.05, 0.1) is 23.0 Å². The number of piperidine rings is 2. The Balaban J connectivity index is 1.22. The normalized spacial score (nSPS) is 29.3. The van der Waals surface area contributed by atoms with Crippen molar-refractivity contribution < 1.29 is 27.8 Å². The minimum Gasteiger partial charge on any atom is -0.489 e. The van der Waals surface area contributed by atoms with Gasteiger partial charge in [-0.15, -0.1) is 0 Å². The van der Waals surface area contributed by atoms with Crippen LogP contribution in [-0.2, 0) is 11.2 Å². The molecule has 1 saturated carbocycles. The fraction of sp³-hybridized carbons (Fsp3) is 0.607. The number of hydrogen-bond acceptors (Lipinski definition) is 3. The Morgan fingerprint density at radius 1 is 1.03 bits per heavy atom. The van der Waals surface area contributed by atoms with Crippen molar-refractivity contribution in [3.8, 4) is 5.75 Å². The van der Waals surface area contributed by atoms with Crippen molar-refractivity contribution in [1.82, 2.24) is 4.90 Å². The lowest BCUT2D eigenvalue weighted by atomic mass is 9.78. The lowest BCUT2D eigenvalue weighted by Crippen LogP contribution is -2.53. The van der Waals surface area contributed by atoms with Gasteiger partial charge in [-0.1, -0.05) is 42.3 Å². The summed E-state index contributed by atoms with van der Waals surface area (Å²) in [6, 6.07) is 10.7. The monoisotopic (exact) mass is 523 g/mol. The number of aliphatic carboxylic acids is 1. The molecule has 0 spiro atoms. The number of alkyl halides is 3. The molecule has 0 aromatic heterocycles. The summed E-state index contributed by atoms with van der Waals surface area (Å²) >= 11 is 6.66. The van der Waals surface area contributed by atoms with Crippen LogP contribution >= 0.6 is 11.6 Å². The van der Waals surface area contributed by atoms with Crippen LogP contribution in [0.25, 0.3) is 10.8 Å². The maximum absolute atomic E-state index is 12.9. The van der Waals surface area contributed by atoms with Crippen LogP contribution in [0.5, 0.6) is 5.75 Å². The Hall–Kier alpha value is -1.99. The molecule has 2 bridgehead atoms. The van der Waals surface area contributed by atoms with Crippen molar-refractivity contribution in [2.45, 2.75) is 88.6 Å². The molecular formula is C28H33ClF3NO3. The van der Waals surface area contributed by atoms with Gasteiger partial charge >= 0.3 is 12.1 Å². The average Bonchev–Trinajstić information content (AvgIpc) is 2.83. The number of nitrogens with zero attached hydrogens (tertiary/aromatic N) is 1.